The van der Waals surface area contributed by atoms with Crippen molar-refractivity contribution in [3.8, 4) is 0 Å². The van der Waals surface area contributed by atoms with Crippen LogP contribution >= 0.6 is 0 Å². The molecule has 1 aromatic rings. The van der Waals surface area contributed by atoms with Gasteiger partial charge in [0.1, 0.15) is 5.57 Å². The number of benzene rings is 1. The Morgan fingerprint density at radius 3 is 2.08 bits per heavy atom. The van der Waals surface area contributed by atoms with Crippen LogP contribution in [0.25, 0.3) is 6.08 Å². The van der Waals surface area contributed by atoms with Crippen LogP contribution in [-0.2, 0) is 31.9 Å². The standard InChI is InChI=1S/C19H21NO4/c1-19(2)23-17(21)15(18(22)24-19)11-12-9-13-5-3-7-20-8-4-6-14(10-12)16(13)20/h9-11H,3-8H2,1-2H3. The van der Waals surface area contributed by atoms with Crippen LogP contribution in [0.2, 0.25) is 0 Å². The topological polar surface area (TPSA) is 55.8 Å². The van der Waals surface area contributed by atoms with Gasteiger partial charge in [0, 0.05) is 32.6 Å². The lowest BCUT2D eigenvalue weighted by molar-refractivity contribution is -0.222. The summed E-state index contributed by atoms with van der Waals surface area (Å²) < 4.78 is 10.3. The third-order valence-corrected chi connectivity index (χ3v) is 4.78. The fraction of sp³-hybridized carbons (Fsp3) is 0.474. The average Bonchev–Trinajstić information content (AvgIpc) is 2.50. The van der Waals surface area contributed by atoms with Gasteiger partial charge in [0.2, 0.25) is 0 Å². The van der Waals surface area contributed by atoms with E-state index < -0.39 is 17.7 Å². The third kappa shape index (κ3) is 2.58. The number of esters is 2. The van der Waals surface area contributed by atoms with Crippen LogP contribution in [0.1, 0.15) is 43.4 Å². The lowest BCUT2D eigenvalue weighted by atomic mass is 9.89. The molecule has 0 aromatic heterocycles. The molecular weight excluding hydrogens is 306 g/mol. The molecule has 1 saturated heterocycles. The molecule has 0 atom stereocenters. The van der Waals surface area contributed by atoms with Crippen LogP contribution < -0.4 is 4.90 Å². The Morgan fingerprint density at radius 2 is 1.54 bits per heavy atom. The molecule has 0 amide bonds. The highest BCUT2D eigenvalue weighted by Gasteiger charge is 2.39. The Kier molecular flexibility index (Phi) is 3.41. The molecule has 0 radical (unpaired) electrons. The molecule has 0 bridgehead atoms. The van der Waals surface area contributed by atoms with Gasteiger partial charge >= 0.3 is 11.9 Å². The molecule has 1 aromatic carbocycles. The van der Waals surface area contributed by atoms with Gasteiger partial charge in [-0.15, -0.1) is 0 Å². The van der Waals surface area contributed by atoms with E-state index >= 15 is 0 Å². The van der Waals surface area contributed by atoms with Crippen molar-refractivity contribution >= 4 is 23.7 Å². The second-order valence-electron chi connectivity index (χ2n) is 7.12. The summed E-state index contributed by atoms with van der Waals surface area (Å²) in [7, 11) is 0. The zero-order chi connectivity index (χ0) is 16.9. The Bertz CT molecular complexity index is 710. The van der Waals surface area contributed by atoms with Gasteiger partial charge in [-0.3, -0.25) is 0 Å². The summed E-state index contributed by atoms with van der Waals surface area (Å²) in [6, 6.07) is 4.17. The molecule has 4 rings (SSSR count). The molecule has 5 nitrogen and oxygen atoms in total. The summed E-state index contributed by atoms with van der Waals surface area (Å²) in [6.45, 7) is 5.34. The maximum absolute atomic E-state index is 12.1. The first-order valence-corrected chi connectivity index (χ1v) is 8.52. The summed E-state index contributed by atoms with van der Waals surface area (Å²) in [6.07, 6.45) is 5.97. The van der Waals surface area contributed by atoms with E-state index in [9.17, 15) is 9.59 Å². The second-order valence-corrected chi connectivity index (χ2v) is 7.12. The van der Waals surface area contributed by atoms with Gasteiger partial charge in [-0.25, -0.2) is 9.59 Å². The molecule has 0 unspecified atom stereocenters. The van der Waals surface area contributed by atoms with Crippen LogP contribution in [0.4, 0.5) is 5.69 Å². The Balaban J connectivity index is 1.73. The average molecular weight is 327 g/mol. The number of ether oxygens (including phenoxy) is 2. The van der Waals surface area contributed by atoms with E-state index in [1.165, 1.54) is 16.8 Å². The molecule has 3 heterocycles. The fourth-order valence-corrected chi connectivity index (χ4v) is 3.86. The molecule has 0 aliphatic carbocycles. The summed E-state index contributed by atoms with van der Waals surface area (Å²) in [4.78, 5) is 26.7. The summed E-state index contributed by atoms with van der Waals surface area (Å²) >= 11 is 0. The van der Waals surface area contributed by atoms with Crippen molar-refractivity contribution in [3.63, 3.8) is 0 Å². The second kappa shape index (κ2) is 5.36. The molecule has 0 N–H and O–H groups in total. The van der Waals surface area contributed by atoms with Gasteiger partial charge in [-0.05, 0) is 60.6 Å². The number of nitrogens with zero attached hydrogens (tertiary/aromatic N) is 1. The zero-order valence-corrected chi connectivity index (χ0v) is 14.1. The first-order valence-electron chi connectivity index (χ1n) is 8.52. The molecule has 1 fully saturated rings. The lowest BCUT2D eigenvalue weighted by Gasteiger charge is -2.37. The number of rotatable bonds is 1. The SMILES string of the molecule is CC1(C)OC(=O)C(=Cc2cc3c4c(c2)CCCN4CCC3)C(=O)O1. The highest BCUT2D eigenvalue weighted by molar-refractivity contribution is 6.18. The largest absolute Gasteiger partial charge is 0.419 e. The van der Waals surface area contributed by atoms with Gasteiger partial charge in [-0.1, -0.05) is 0 Å². The smallest absolute Gasteiger partial charge is 0.348 e. The van der Waals surface area contributed by atoms with E-state index in [1.54, 1.807) is 19.9 Å². The molecule has 126 valence electrons. The van der Waals surface area contributed by atoms with Gasteiger partial charge in [-0.2, -0.15) is 0 Å². The van der Waals surface area contributed by atoms with E-state index in [2.05, 4.69) is 17.0 Å². The van der Waals surface area contributed by atoms with E-state index in [4.69, 9.17) is 9.47 Å². The van der Waals surface area contributed by atoms with Crippen molar-refractivity contribution in [3.05, 3.63) is 34.4 Å². The van der Waals surface area contributed by atoms with E-state index in [-0.39, 0.29) is 5.57 Å². The molecule has 0 spiro atoms. The summed E-state index contributed by atoms with van der Waals surface area (Å²) in [5.41, 5.74) is 4.82. The number of carbonyl (C=O) groups is 2. The fourth-order valence-electron chi connectivity index (χ4n) is 3.86. The normalized spacial score (nSPS) is 21.8. The molecular formula is C19H21NO4. The maximum Gasteiger partial charge on any atom is 0.348 e. The van der Waals surface area contributed by atoms with Gasteiger partial charge in [0.05, 0.1) is 0 Å². The number of hydrogen-bond acceptors (Lipinski definition) is 5. The number of carbonyl (C=O) groups excluding carboxylic acids is 2. The van der Waals surface area contributed by atoms with Crippen molar-refractivity contribution in [1.82, 2.24) is 0 Å². The van der Waals surface area contributed by atoms with Gasteiger partial charge < -0.3 is 14.4 Å². The predicted molar refractivity (Wildman–Crippen MR) is 89.5 cm³/mol. The van der Waals surface area contributed by atoms with Crippen LogP contribution in [0, 0.1) is 0 Å². The van der Waals surface area contributed by atoms with E-state index in [0.29, 0.717) is 0 Å². The molecule has 3 aliphatic rings. The quantitative estimate of drug-likeness (QED) is 0.451. The van der Waals surface area contributed by atoms with Gasteiger partial charge in [0.25, 0.3) is 5.79 Å². The van der Waals surface area contributed by atoms with Crippen LogP contribution in [0.3, 0.4) is 0 Å². The number of cyclic esters (lactones) is 2. The van der Waals surface area contributed by atoms with Crippen molar-refractivity contribution < 1.29 is 19.1 Å². The molecule has 24 heavy (non-hydrogen) atoms. The first-order chi connectivity index (χ1) is 11.4. The molecule has 0 saturated carbocycles. The van der Waals surface area contributed by atoms with Crippen molar-refractivity contribution in [2.75, 3.05) is 18.0 Å². The highest BCUT2D eigenvalue weighted by atomic mass is 16.7. The maximum atomic E-state index is 12.1. The summed E-state index contributed by atoms with van der Waals surface area (Å²) in [5, 5.41) is 0. The number of aryl methyl sites for hydroxylation is 2. The lowest BCUT2D eigenvalue weighted by Crippen LogP contribution is -2.41. The monoisotopic (exact) mass is 327 g/mol. The number of hydrogen-bond donors (Lipinski definition) is 0. The number of anilines is 1. The summed E-state index contributed by atoms with van der Waals surface area (Å²) in [5.74, 6) is -2.44. The zero-order valence-electron chi connectivity index (χ0n) is 14.1. The van der Waals surface area contributed by atoms with E-state index in [1.807, 2.05) is 0 Å². The van der Waals surface area contributed by atoms with Crippen molar-refractivity contribution in [2.45, 2.75) is 45.3 Å². The molecule has 3 aliphatic heterocycles. The first kappa shape index (κ1) is 15.2. The minimum Gasteiger partial charge on any atom is -0.419 e. The van der Waals surface area contributed by atoms with E-state index in [0.717, 1.165) is 44.3 Å². The Morgan fingerprint density at radius 1 is 1.00 bits per heavy atom. The molecule has 5 heteroatoms. The van der Waals surface area contributed by atoms with Crippen molar-refractivity contribution in [1.29, 1.82) is 0 Å². The highest BCUT2D eigenvalue weighted by Crippen LogP contribution is 2.36. The van der Waals surface area contributed by atoms with Crippen molar-refractivity contribution in [2.24, 2.45) is 0 Å². The Hall–Kier alpha value is -2.30. The Labute approximate surface area is 141 Å². The van der Waals surface area contributed by atoms with Crippen LogP contribution in [0.5, 0.6) is 0 Å². The third-order valence-electron chi connectivity index (χ3n) is 4.78. The minimum absolute atomic E-state index is 0.0371. The predicted octanol–water partition coefficient (Wildman–Crippen LogP) is 2.60. The van der Waals surface area contributed by atoms with Gasteiger partial charge in [0.15, 0.2) is 0 Å². The van der Waals surface area contributed by atoms with Crippen LogP contribution in [0.15, 0.2) is 17.7 Å². The van der Waals surface area contributed by atoms with Crippen LogP contribution in [-0.4, -0.2) is 30.8 Å². The minimum atomic E-state index is -1.20.